The fraction of sp³-hybridized carbons (Fsp3) is 0.727. The van der Waals surface area contributed by atoms with Gasteiger partial charge in [-0.2, -0.15) is 0 Å². The molecular formula is C33H49FN4O3. The van der Waals surface area contributed by atoms with E-state index < -0.39 is 11.5 Å². The van der Waals surface area contributed by atoms with Crippen molar-refractivity contribution < 1.29 is 18.8 Å². The summed E-state index contributed by atoms with van der Waals surface area (Å²) in [4.78, 5) is 45.5. The molecule has 3 amide bonds. The molecule has 1 aromatic carbocycles. The van der Waals surface area contributed by atoms with E-state index >= 15 is 0 Å². The number of hydrogen-bond donors (Lipinski definition) is 2. The first kappa shape index (κ1) is 30.0. The molecule has 1 aromatic rings. The highest BCUT2D eigenvalue weighted by molar-refractivity contribution is 5.90. The number of fused-ring (bicyclic) bond motifs is 2. The van der Waals surface area contributed by atoms with Crippen molar-refractivity contribution in [2.75, 3.05) is 26.7 Å². The van der Waals surface area contributed by atoms with Gasteiger partial charge < -0.3 is 20.4 Å². The highest BCUT2D eigenvalue weighted by Crippen LogP contribution is 2.46. The normalized spacial score (nSPS) is 27.4. The summed E-state index contributed by atoms with van der Waals surface area (Å²) in [6, 6.07) is 5.69. The highest BCUT2D eigenvalue weighted by Gasteiger charge is 2.50. The number of likely N-dealkylation sites (tertiary alicyclic amines) is 2. The van der Waals surface area contributed by atoms with E-state index in [1.165, 1.54) is 18.6 Å². The summed E-state index contributed by atoms with van der Waals surface area (Å²) in [5, 5.41) is 6.40. The van der Waals surface area contributed by atoms with Crippen molar-refractivity contribution in [1.29, 1.82) is 0 Å². The smallest absolute Gasteiger partial charge is 0.245 e. The molecule has 2 aliphatic carbocycles. The number of amides is 3. The first-order chi connectivity index (χ1) is 19.4. The number of piperidine rings is 2. The van der Waals surface area contributed by atoms with Crippen LogP contribution in [0.15, 0.2) is 24.3 Å². The van der Waals surface area contributed by atoms with Gasteiger partial charge in [0.2, 0.25) is 17.7 Å². The number of halogens is 1. The van der Waals surface area contributed by atoms with Gasteiger partial charge in [0.05, 0.1) is 11.3 Å². The Kier molecular flexibility index (Phi) is 8.79. The molecule has 2 saturated heterocycles. The second-order valence-corrected chi connectivity index (χ2v) is 14.4. The molecule has 0 radical (unpaired) electrons. The van der Waals surface area contributed by atoms with E-state index in [-0.39, 0.29) is 41.0 Å². The third-order valence-electron chi connectivity index (χ3n) is 10.3. The summed E-state index contributed by atoms with van der Waals surface area (Å²) in [6.07, 6.45) is 9.16. The van der Waals surface area contributed by atoms with E-state index in [1.807, 2.05) is 25.7 Å². The van der Waals surface area contributed by atoms with Crippen LogP contribution in [0.5, 0.6) is 0 Å². The van der Waals surface area contributed by atoms with E-state index in [4.69, 9.17) is 0 Å². The summed E-state index contributed by atoms with van der Waals surface area (Å²) < 4.78 is 13.6. The minimum Gasteiger partial charge on any atom is -0.351 e. The maximum absolute atomic E-state index is 14.1. The van der Waals surface area contributed by atoms with Crippen molar-refractivity contribution in [2.45, 2.75) is 103 Å². The summed E-state index contributed by atoms with van der Waals surface area (Å²) in [7, 11) is 2.08. The van der Waals surface area contributed by atoms with Crippen LogP contribution < -0.4 is 10.6 Å². The number of hydrogen-bond acceptors (Lipinski definition) is 4. The van der Waals surface area contributed by atoms with Gasteiger partial charge >= 0.3 is 0 Å². The quantitative estimate of drug-likeness (QED) is 0.514. The lowest BCUT2D eigenvalue weighted by atomic mass is 9.63. The van der Waals surface area contributed by atoms with Crippen LogP contribution in [0, 0.1) is 29.0 Å². The first-order valence-electron chi connectivity index (χ1n) is 15.8. The van der Waals surface area contributed by atoms with Crippen LogP contribution in [-0.4, -0.2) is 71.8 Å². The number of nitrogens with one attached hydrogen (secondary N) is 2. The van der Waals surface area contributed by atoms with Gasteiger partial charge in [-0.15, -0.1) is 0 Å². The van der Waals surface area contributed by atoms with Crippen molar-refractivity contribution >= 4 is 17.7 Å². The average Bonchev–Trinajstić information content (AvgIpc) is 3.53. The highest BCUT2D eigenvalue weighted by atomic mass is 19.1. The Morgan fingerprint density at radius 3 is 2.27 bits per heavy atom. The van der Waals surface area contributed by atoms with Gasteiger partial charge in [0, 0.05) is 37.6 Å². The van der Waals surface area contributed by atoms with Crippen LogP contribution in [0.4, 0.5) is 4.39 Å². The zero-order chi connectivity index (χ0) is 29.4. The molecule has 8 heteroatoms. The maximum atomic E-state index is 14.1. The maximum Gasteiger partial charge on any atom is 0.245 e. The van der Waals surface area contributed by atoms with Gasteiger partial charge in [-0.25, -0.2) is 4.39 Å². The predicted octanol–water partition coefficient (Wildman–Crippen LogP) is 4.30. The topological polar surface area (TPSA) is 81.8 Å². The molecule has 5 rings (SSSR count). The monoisotopic (exact) mass is 568 g/mol. The SMILES string of the molecule is CN1C[C@@H]2CC1[C@@H](C(=O)N[C@H](Cc1ccc(F)cc1)C(=O)N1CCC(C(=O)NC(C)(C)C)(C3CCCCC3)CC1)C2. The first-order valence-corrected chi connectivity index (χ1v) is 15.8. The summed E-state index contributed by atoms with van der Waals surface area (Å²) in [5.74, 6) is 0.412. The third-order valence-corrected chi connectivity index (χ3v) is 10.3. The van der Waals surface area contributed by atoms with Crippen molar-refractivity contribution in [1.82, 2.24) is 20.4 Å². The molecule has 7 nitrogen and oxygen atoms in total. The van der Waals surface area contributed by atoms with Crippen molar-refractivity contribution in [2.24, 2.45) is 23.2 Å². The molecule has 226 valence electrons. The Balaban J connectivity index is 1.31. The molecule has 41 heavy (non-hydrogen) atoms. The lowest BCUT2D eigenvalue weighted by Crippen LogP contribution is -2.59. The van der Waals surface area contributed by atoms with Gasteiger partial charge in [-0.05, 0) is 95.9 Å². The van der Waals surface area contributed by atoms with Crippen molar-refractivity contribution in [3.8, 4) is 0 Å². The molecule has 2 aliphatic heterocycles. The van der Waals surface area contributed by atoms with Crippen LogP contribution in [0.2, 0.25) is 0 Å². The Morgan fingerprint density at radius 1 is 1.02 bits per heavy atom. The molecule has 4 aliphatic rings. The van der Waals surface area contributed by atoms with Crippen LogP contribution in [0.1, 0.15) is 84.1 Å². The van der Waals surface area contributed by atoms with E-state index in [1.54, 1.807) is 12.1 Å². The molecule has 4 atom stereocenters. The fourth-order valence-electron chi connectivity index (χ4n) is 8.20. The van der Waals surface area contributed by atoms with Crippen LogP contribution in [-0.2, 0) is 20.8 Å². The summed E-state index contributed by atoms with van der Waals surface area (Å²) in [6.45, 7) is 8.10. The predicted molar refractivity (Wildman–Crippen MR) is 157 cm³/mol. The fourth-order valence-corrected chi connectivity index (χ4v) is 8.20. The van der Waals surface area contributed by atoms with E-state index in [0.29, 0.717) is 44.2 Å². The van der Waals surface area contributed by atoms with Gasteiger partial charge in [0.25, 0.3) is 0 Å². The second-order valence-electron chi connectivity index (χ2n) is 14.4. The number of benzene rings is 1. The Labute approximate surface area is 245 Å². The number of nitrogens with zero attached hydrogens (tertiary/aromatic N) is 2. The Bertz CT molecular complexity index is 1100. The Morgan fingerprint density at radius 2 is 1.68 bits per heavy atom. The molecule has 0 aromatic heterocycles. The molecule has 4 fully saturated rings. The van der Waals surface area contributed by atoms with Crippen LogP contribution >= 0.6 is 0 Å². The molecule has 2 bridgehead atoms. The molecule has 0 spiro atoms. The van der Waals surface area contributed by atoms with Gasteiger partial charge in [0.1, 0.15) is 11.9 Å². The van der Waals surface area contributed by atoms with E-state index in [9.17, 15) is 18.8 Å². The van der Waals surface area contributed by atoms with Crippen LogP contribution in [0.25, 0.3) is 0 Å². The zero-order valence-electron chi connectivity index (χ0n) is 25.4. The van der Waals surface area contributed by atoms with Gasteiger partial charge in [-0.1, -0.05) is 31.4 Å². The minimum atomic E-state index is -0.719. The van der Waals surface area contributed by atoms with Gasteiger partial charge in [-0.3, -0.25) is 14.4 Å². The molecule has 2 N–H and O–H groups in total. The minimum absolute atomic E-state index is 0.0531. The van der Waals surface area contributed by atoms with Crippen LogP contribution in [0.3, 0.4) is 0 Å². The summed E-state index contributed by atoms with van der Waals surface area (Å²) in [5.41, 5.74) is 0.0333. The average molecular weight is 569 g/mol. The van der Waals surface area contributed by atoms with E-state index in [0.717, 1.165) is 50.6 Å². The largest absolute Gasteiger partial charge is 0.351 e. The molecule has 2 heterocycles. The summed E-state index contributed by atoms with van der Waals surface area (Å²) >= 11 is 0. The third kappa shape index (κ3) is 6.63. The van der Waals surface area contributed by atoms with E-state index in [2.05, 4.69) is 22.6 Å². The van der Waals surface area contributed by atoms with Gasteiger partial charge in [0.15, 0.2) is 0 Å². The molecular weight excluding hydrogens is 519 g/mol. The molecule has 2 saturated carbocycles. The zero-order valence-corrected chi connectivity index (χ0v) is 25.4. The number of rotatable bonds is 7. The van der Waals surface area contributed by atoms with Crippen molar-refractivity contribution in [3.05, 3.63) is 35.6 Å². The number of carbonyl (C=O) groups is 3. The second kappa shape index (κ2) is 12.0. The lowest BCUT2D eigenvalue weighted by Gasteiger charge is -2.48. The lowest BCUT2D eigenvalue weighted by molar-refractivity contribution is -0.147. The Hall–Kier alpha value is -2.48. The number of carbonyl (C=O) groups excluding carboxylic acids is 3. The standard InChI is InChI=1S/C33H49FN4O3/c1-32(2,3)36-31(41)33(24-8-6-5-7-9-24)14-16-38(17-15-33)30(40)27(19-22-10-12-25(34)13-11-22)35-29(39)26-18-23-20-28(26)37(4)21-23/h10-13,23-24,26-28H,5-9,14-21H2,1-4H3,(H,35,39)(H,36,41)/t23-,26-,27+,28?/m0/s1. The van der Waals surface area contributed by atoms with Crippen molar-refractivity contribution in [3.63, 3.8) is 0 Å². The molecule has 1 unspecified atom stereocenters.